The highest BCUT2D eigenvalue weighted by atomic mass is 19.1. The van der Waals surface area contributed by atoms with Crippen LogP contribution >= 0.6 is 0 Å². The maximum absolute atomic E-state index is 13.7. The number of hydrogen-bond acceptors (Lipinski definition) is 4. The van der Waals surface area contributed by atoms with Crippen molar-refractivity contribution in [3.05, 3.63) is 35.8 Å². The predicted molar refractivity (Wildman–Crippen MR) is 77.0 cm³/mol. The largest absolute Gasteiger partial charge is 0.456 e. The van der Waals surface area contributed by atoms with Gasteiger partial charge in [0.1, 0.15) is 5.76 Å². The number of rotatable bonds is 2. The number of piperazine rings is 1. The van der Waals surface area contributed by atoms with Crippen molar-refractivity contribution in [2.45, 2.75) is 12.1 Å². The van der Waals surface area contributed by atoms with Crippen molar-refractivity contribution in [1.29, 1.82) is 0 Å². The highest BCUT2D eigenvalue weighted by molar-refractivity contribution is 5.78. The Morgan fingerprint density at radius 1 is 1.35 bits per heavy atom. The molecular formula is C15H20FN3O. The second kappa shape index (κ2) is 5.16. The lowest BCUT2D eigenvalue weighted by molar-refractivity contribution is 0.0925. The number of benzene rings is 1. The standard InChI is InChI=1S/C15H20FN3O/c1-18-6-7-19(2)12(9-18)14(17)13-8-10-4-3-5-11(16)15(10)20-13/h3-5,8,12,14H,6-7,9,17H2,1-2H3. The lowest BCUT2D eigenvalue weighted by Gasteiger charge is -2.40. The summed E-state index contributed by atoms with van der Waals surface area (Å²) < 4.78 is 19.3. The maximum atomic E-state index is 13.7. The first-order valence-corrected chi connectivity index (χ1v) is 6.88. The third kappa shape index (κ3) is 2.32. The number of halogens is 1. The minimum Gasteiger partial charge on any atom is -0.456 e. The van der Waals surface area contributed by atoms with Crippen molar-refractivity contribution in [3.63, 3.8) is 0 Å². The van der Waals surface area contributed by atoms with Crippen LogP contribution < -0.4 is 5.73 Å². The fourth-order valence-corrected chi connectivity index (χ4v) is 2.83. The van der Waals surface area contributed by atoms with Gasteiger partial charge in [0.25, 0.3) is 0 Å². The second-order valence-corrected chi connectivity index (χ2v) is 5.64. The van der Waals surface area contributed by atoms with Gasteiger partial charge in [-0.25, -0.2) is 4.39 Å². The summed E-state index contributed by atoms with van der Waals surface area (Å²) in [5.74, 6) is 0.312. The second-order valence-electron chi connectivity index (χ2n) is 5.64. The fourth-order valence-electron chi connectivity index (χ4n) is 2.83. The van der Waals surface area contributed by atoms with Crippen LogP contribution in [0.2, 0.25) is 0 Å². The zero-order chi connectivity index (χ0) is 14.3. The highest BCUT2D eigenvalue weighted by Gasteiger charge is 2.30. The molecule has 3 rings (SSSR count). The van der Waals surface area contributed by atoms with Crippen LogP contribution in [0.1, 0.15) is 11.8 Å². The van der Waals surface area contributed by atoms with E-state index >= 15 is 0 Å². The average molecular weight is 277 g/mol. The first kappa shape index (κ1) is 13.5. The van der Waals surface area contributed by atoms with E-state index in [-0.39, 0.29) is 17.9 Å². The number of nitrogens with zero attached hydrogens (tertiary/aromatic N) is 2. The van der Waals surface area contributed by atoms with Gasteiger partial charge < -0.3 is 15.1 Å². The molecule has 1 aliphatic heterocycles. The van der Waals surface area contributed by atoms with E-state index in [2.05, 4.69) is 23.9 Å². The number of furan rings is 1. The number of fused-ring (bicyclic) bond motifs is 1. The smallest absolute Gasteiger partial charge is 0.169 e. The third-order valence-corrected chi connectivity index (χ3v) is 4.16. The van der Waals surface area contributed by atoms with Gasteiger partial charge in [0.05, 0.1) is 6.04 Å². The van der Waals surface area contributed by atoms with Crippen LogP contribution in [0.25, 0.3) is 11.0 Å². The van der Waals surface area contributed by atoms with Crippen molar-refractivity contribution in [3.8, 4) is 0 Å². The first-order valence-electron chi connectivity index (χ1n) is 6.88. The summed E-state index contributed by atoms with van der Waals surface area (Å²) in [6, 6.07) is 6.71. The molecule has 2 heterocycles. The number of para-hydroxylation sites is 1. The van der Waals surface area contributed by atoms with Crippen LogP contribution in [0.15, 0.2) is 28.7 Å². The lowest BCUT2D eigenvalue weighted by Crippen LogP contribution is -2.54. The van der Waals surface area contributed by atoms with E-state index in [1.54, 1.807) is 6.07 Å². The Kier molecular flexibility index (Phi) is 3.50. The Labute approximate surface area is 117 Å². The van der Waals surface area contributed by atoms with Crippen LogP contribution in [0, 0.1) is 5.82 Å². The van der Waals surface area contributed by atoms with Crippen LogP contribution in [-0.4, -0.2) is 49.6 Å². The molecule has 0 saturated carbocycles. The van der Waals surface area contributed by atoms with Gasteiger partial charge >= 0.3 is 0 Å². The minimum absolute atomic E-state index is 0.178. The molecule has 4 nitrogen and oxygen atoms in total. The van der Waals surface area contributed by atoms with Gasteiger partial charge in [-0.2, -0.15) is 0 Å². The van der Waals surface area contributed by atoms with Gasteiger partial charge in [0.2, 0.25) is 0 Å². The third-order valence-electron chi connectivity index (χ3n) is 4.16. The number of nitrogens with two attached hydrogens (primary N) is 1. The topological polar surface area (TPSA) is 45.6 Å². The summed E-state index contributed by atoms with van der Waals surface area (Å²) in [5, 5.41) is 0.766. The summed E-state index contributed by atoms with van der Waals surface area (Å²) in [6.45, 7) is 2.90. The van der Waals surface area contributed by atoms with Crippen LogP contribution in [0.3, 0.4) is 0 Å². The monoisotopic (exact) mass is 277 g/mol. The van der Waals surface area contributed by atoms with Crippen LogP contribution in [0.4, 0.5) is 4.39 Å². The molecule has 2 N–H and O–H groups in total. The van der Waals surface area contributed by atoms with Crippen molar-refractivity contribution >= 4 is 11.0 Å². The van der Waals surface area contributed by atoms with Crippen LogP contribution in [-0.2, 0) is 0 Å². The summed E-state index contributed by atoms with van der Waals surface area (Å²) >= 11 is 0. The molecule has 0 aliphatic carbocycles. The molecule has 0 spiro atoms. The van der Waals surface area contributed by atoms with Gasteiger partial charge in [0.15, 0.2) is 11.4 Å². The normalized spacial score (nSPS) is 23.3. The lowest BCUT2D eigenvalue weighted by atomic mass is 10.0. The van der Waals surface area contributed by atoms with E-state index in [4.69, 9.17) is 10.2 Å². The molecule has 1 aromatic carbocycles. The van der Waals surface area contributed by atoms with E-state index in [0.29, 0.717) is 11.3 Å². The van der Waals surface area contributed by atoms with E-state index < -0.39 is 0 Å². The highest BCUT2D eigenvalue weighted by Crippen LogP contribution is 2.28. The number of hydrogen-bond donors (Lipinski definition) is 1. The molecule has 0 radical (unpaired) electrons. The summed E-state index contributed by atoms with van der Waals surface area (Å²) in [5.41, 5.74) is 6.65. The Morgan fingerprint density at radius 2 is 2.15 bits per heavy atom. The Bertz CT molecular complexity index is 612. The molecular weight excluding hydrogens is 257 g/mol. The van der Waals surface area contributed by atoms with Crippen molar-refractivity contribution in [2.24, 2.45) is 5.73 Å². The molecule has 1 aromatic heterocycles. The fraction of sp³-hybridized carbons (Fsp3) is 0.467. The van der Waals surface area contributed by atoms with Gasteiger partial charge in [-0.05, 0) is 26.2 Å². The summed E-state index contributed by atoms with van der Waals surface area (Å²) in [7, 11) is 4.16. The summed E-state index contributed by atoms with van der Waals surface area (Å²) in [4.78, 5) is 4.50. The van der Waals surface area contributed by atoms with Gasteiger partial charge in [-0.3, -0.25) is 4.90 Å². The molecule has 2 unspecified atom stereocenters. The molecule has 1 saturated heterocycles. The molecule has 108 valence electrons. The molecule has 20 heavy (non-hydrogen) atoms. The van der Waals surface area contributed by atoms with Gasteiger partial charge in [0, 0.05) is 31.1 Å². The maximum Gasteiger partial charge on any atom is 0.169 e. The van der Waals surface area contributed by atoms with Crippen molar-refractivity contribution in [2.75, 3.05) is 33.7 Å². The molecule has 0 amide bonds. The quantitative estimate of drug-likeness (QED) is 0.909. The van der Waals surface area contributed by atoms with Crippen molar-refractivity contribution < 1.29 is 8.81 Å². The molecule has 1 aliphatic rings. The Balaban J connectivity index is 1.91. The van der Waals surface area contributed by atoms with E-state index in [9.17, 15) is 4.39 Å². The number of likely N-dealkylation sites (N-methyl/N-ethyl adjacent to an activating group) is 2. The van der Waals surface area contributed by atoms with Crippen LogP contribution in [0.5, 0.6) is 0 Å². The molecule has 1 fully saturated rings. The Hall–Kier alpha value is -1.43. The van der Waals surface area contributed by atoms with E-state index in [1.807, 2.05) is 12.1 Å². The predicted octanol–water partition coefficient (Wildman–Crippen LogP) is 1.82. The van der Waals surface area contributed by atoms with Gasteiger partial charge in [-0.1, -0.05) is 12.1 Å². The minimum atomic E-state index is -0.338. The Morgan fingerprint density at radius 3 is 2.90 bits per heavy atom. The SMILES string of the molecule is CN1CCN(C)C(C(N)c2cc3cccc(F)c3o2)C1. The zero-order valence-electron chi connectivity index (χ0n) is 11.8. The summed E-state index contributed by atoms with van der Waals surface area (Å²) in [6.07, 6.45) is 0. The van der Waals surface area contributed by atoms with Crippen molar-refractivity contribution in [1.82, 2.24) is 9.80 Å². The van der Waals surface area contributed by atoms with E-state index in [1.165, 1.54) is 6.07 Å². The molecule has 5 heteroatoms. The molecule has 2 atom stereocenters. The molecule has 0 bridgehead atoms. The van der Waals surface area contributed by atoms with E-state index in [0.717, 1.165) is 25.0 Å². The zero-order valence-corrected chi connectivity index (χ0v) is 11.8. The van der Waals surface area contributed by atoms with Gasteiger partial charge in [-0.15, -0.1) is 0 Å². The average Bonchev–Trinajstić information content (AvgIpc) is 2.86. The first-order chi connectivity index (χ1) is 9.56. The molecule has 2 aromatic rings.